The monoisotopic (exact) mass is 438 g/mol. The van der Waals surface area contributed by atoms with E-state index in [4.69, 9.17) is 0 Å². The Morgan fingerprint density at radius 1 is 0.682 bits per heavy atom. The number of alkyl halides is 3. The Morgan fingerprint density at radius 3 is 1.59 bits per heavy atom. The first-order valence-corrected chi connectivity index (χ1v) is 6.51. The second kappa shape index (κ2) is 5.67. The molecule has 0 atom stereocenters. The molecule has 0 aliphatic heterocycles. The van der Waals surface area contributed by atoms with Crippen molar-refractivity contribution in [3.05, 3.63) is 56.4 Å². The lowest BCUT2D eigenvalue weighted by atomic mass is 10.0. The van der Waals surface area contributed by atoms with Gasteiger partial charge in [0.15, 0.2) is 23.3 Å². The van der Waals surface area contributed by atoms with Crippen molar-refractivity contribution in [1.29, 1.82) is 0 Å². The van der Waals surface area contributed by atoms with Gasteiger partial charge in [-0.05, 0) is 46.4 Å². The highest BCUT2D eigenvalue weighted by Gasteiger charge is 2.33. The van der Waals surface area contributed by atoms with Gasteiger partial charge in [-0.15, -0.1) is 0 Å². The summed E-state index contributed by atoms with van der Waals surface area (Å²) in [5.41, 5.74) is -3.43. The number of halogens is 9. The van der Waals surface area contributed by atoms with Crippen LogP contribution < -0.4 is 0 Å². The van der Waals surface area contributed by atoms with E-state index in [0.29, 0.717) is 12.1 Å². The van der Waals surface area contributed by atoms with Gasteiger partial charge in [0, 0.05) is 3.57 Å². The standard InChI is InChI=1S/C13H3F8I/c14-8-7(9(15)11(17)12(18)10(8)16)4-1-5(13(19,20)21)3-6(22)2-4/h1-3H. The van der Waals surface area contributed by atoms with Gasteiger partial charge in [0.1, 0.15) is 0 Å². The van der Waals surface area contributed by atoms with Crippen LogP contribution in [-0.2, 0) is 6.18 Å². The van der Waals surface area contributed by atoms with E-state index in [1.165, 1.54) is 22.6 Å². The molecule has 0 aromatic heterocycles. The Labute approximate surface area is 131 Å². The minimum absolute atomic E-state index is 0.0774. The SMILES string of the molecule is Fc1c(F)c(F)c(-c2cc(I)cc(C(F)(F)F)c2)c(F)c1F. The van der Waals surface area contributed by atoms with Gasteiger partial charge in [-0.3, -0.25) is 0 Å². The second-order valence-corrected chi connectivity index (χ2v) is 5.42. The van der Waals surface area contributed by atoms with E-state index >= 15 is 0 Å². The highest BCUT2D eigenvalue weighted by Crippen LogP contribution is 2.37. The van der Waals surface area contributed by atoms with Crippen molar-refractivity contribution in [2.45, 2.75) is 6.18 Å². The van der Waals surface area contributed by atoms with Crippen molar-refractivity contribution in [2.75, 3.05) is 0 Å². The van der Waals surface area contributed by atoms with Crippen LogP contribution in [0.1, 0.15) is 5.56 Å². The van der Waals surface area contributed by atoms with E-state index in [9.17, 15) is 35.1 Å². The first-order chi connectivity index (χ1) is 10.0. The Balaban J connectivity index is 2.81. The zero-order valence-corrected chi connectivity index (χ0v) is 12.3. The zero-order valence-electron chi connectivity index (χ0n) is 10.1. The molecule has 0 saturated heterocycles. The number of hydrogen-bond acceptors (Lipinski definition) is 0. The summed E-state index contributed by atoms with van der Waals surface area (Å²) >= 11 is 1.44. The molecule has 2 aromatic rings. The van der Waals surface area contributed by atoms with Crippen molar-refractivity contribution in [3.8, 4) is 11.1 Å². The molecule has 0 aliphatic carbocycles. The van der Waals surface area contributed by atoms with Gasteiger partial charge in [0.05, 0.1) is 11.1 Å². The highest BCUT2D eigenvalue weighted by atomic mass is 127. The topological polar surface area (TPSA) is 0 Å². The maximum Gasteiger partial charge on any atom is 0.416 e. The molecule has 0 nitrogen and oxygen atoms in total. The summed E-state index contributed by atoms with van der Waals surface area (Å²) in [4.78, 5) is 0. The number of benzene rings is 2. The summed E-state index contributed by atoms with van der Waals surface area (Å²) in [6.45, 7) is 0. The van der Waals surface area contributed by atoms with Gasteiger partial charge in [-0.1, -0.05) is 0 Å². The largest absolute Gasteiger partial charge is 0.416 e. The fourth-order valence-corrected chi connectivity index (χ4v) is 2.43. The molecule has 0 heterocycles. The Kier molecular flexibility index (Phi) is 4.37. The van der Waals surface area contributed by atoms with Crippen LogP contribution in [0.3, 0.4) is 0 Å². The fraction of sp³-hybridized carbons (Fsp3) is 0.0769. The lowest BCUT2D eigenvalue weighted by Gasteiger charge is -2.12. The van der Waals surface area contributed by atoms with Crippen LogP contribution in [0.25, 0.3) is 11.1 Å². The van der Waals surface area contributed by atoms with Crippen molar-refractivity contribution in [3.63, 3.8) is 0 Å². The van der Waals surface area contributed by atoms with Crippen LogP contribution in [0.4, 0.5) is 35.1 Å². The summed E-state index contributed by atoms with van der Waals surface area (Å²) in [5, 5.41) is 0. The molecule has 118 valence electrons. The third kappa shape index (κ3) is 2.90. The predicted octanol–water partition coefficient (Wildman–Crippen LogP) is 5.67. The van der Waals surface area contributed by atoms with E-state index in [-0.39, 0.29) is 3.57 Å². The van der Waals surface area contributed by atoms with Crippen molar-refractivity contribution in [2.24, 2.45) is 0 Å². The average Bonchev–Trinajstić information content (AvgIpc) is 2.42. The van der Waals surface area contributed by atoms with Crippen LogP contribution in [0.2, 0.25) is 0 Å². The Bertz CT molecular complexity index is 722. The van der Waals surface area contributed by atoms with E-state index in [1.54, 1.807) is 0 Å². The van der Waals surface area contributed by atoms with Crippen LogP contribution in [-0.4, -0.2) is 0 Å². The molecule has 22 heavy (non-hydrogen) atoms. The molecule has 0 radical (unpaired) electrons. The van der Waals surface area contributed by atoms with Crippen molar-refractivity contribution >= 4 is 22.6 Å². The van der Waals surface area contributed by atoms with E-state index < -0.39 is 52.0 Å². The molecule has 0 spiro atoms. The van der Waals surface area contributed by atoms with E-state index in [1.807, 2.05) is 0 Å². The second-order valence-electron chi connectivity index (χ2n) is 4.17. The van der Waals surface area contributed by atoms with Gasteiger partial charge < -0.3 is 0 Å². The first kappa shape index (κ1) is 17.0. The van der Waals surface area contributed by atoms with Crippen molar-refractivity contribution in [1.82, 2.24) is 0 Å². The normalized spacial score (nSPS) is 11.9. The summed E-state index contributed by atoms with van der Waals surface area (Å²) in [6.07, 6.45) is -4.83. The van der Waals surface area contributed by atoms with E-state index in [2.05, 4.69) is 0 Å². The summed E-state index contributed by atoms with van der Waals surface area (Å²) in [5.74, 6) is -11.2. The molecule has 0 saturated carbocycles. The predicted molar refractivity (Wildman–Crippen MR) is 69.4 cm³/mol. The van der Waals surface area contributed by atoms with Gasteiger partial charge in [0.25, 0.3) is 0 Å². The number of hydrogen-bond donors (Lipinski definition) is 0. The molecule has 2 rings (SSSR count). The summed E-state index contributed by atoms with van der Waals surface area (Å²) in [7, 11) is 0. The van der Waals surface area contributed by atoms with Crippen LogP contribution in [0, 0.1) is 32.7 Å². The third-order valence-electron chi connectivity index (χ3n) is 2.72. The molecule has 0 unspecified atom stereocenters. The third-order valence-corrected chi connectivity index (χ3v) is 3.35. The average molecular weight is 438 g/mol. The summed E-state index contributed by atoms with van der Waals surface area (Å²) < 4.78 is 105. The molecule has 0 fully saturated rings. The van der Waals surface area contributed by atoms with Crippen LogP contribution in [0.5, 0.6) is 0 Å². The minimum atomic E-state index is -4.83. The molecule has 0 amide bonds. The lowest BCUT2D eigenvalue weighted by molar-refractivity contribution is -0.137. The van der Waals surface area contributed by atoms with Crippen molar-refractivity contribution < 1.29 is 35.1 Å². The minimum Gasteiger partial charge on any atom is -0.203 e. The highest BCUT2D eigenvalue weighted by molar-refractivity contribution is 14.1. The zero-order chi connectivity index (χ0) is 16.8. The molecule has 9 heteroatoms. The van der Waals surface area contributed by atoms with Gasteiger partial charge >= 0.3 is 6.18 Å². The van der Waals surface area contributed by atoms with Gasteiger partial charge in [-0.25, -0.2) is 22.0 Å². The lowest BCUT2D eigenvalue weighted by Crippen LogP contribution is -2.08. The van der Waals surface area contributed by atoms with Crippen LogP contribution in [0.15, 0.2) is 18.2 Å². The molecular weight excluding hydrogens is 435 g/mol. The summed E-state index contributed by atoms with van der Waals surface area (Å²) in [6, 6.07) is 1.88. The molecule has 0 N–H and O–H groups in total. The molecular formula is C13H3F8I. The Hall–Kier alpha value is -1.39. The molecule has 0 bridgehead atoms. The fourth-order valence-electron chi connectivity index (χ4n) is 1.76. The van der Waals surface area contributed by atoms with Crippen LogP contribution >= 0.6 is 22.6 Å². The Morgan fingerprint density at radius 2 is 1.14 bits per heavy atom. The number of rotatable bonds is 1. The molecule has 2 aromatic carbocycles. The molecule has 0 aliphatic rings. The van der Waals surface area contributed by atoms with Gasteiger partial charge in [-0.2, -0.15) is 13.2 Å². The van der Waals surface area contributed by atoms with Gasteiger partial charge in [0.2, 0.25) is 5.82 Å². The quantitative estimate of drug-likeness (QED) is 0.233. The first-order valence-electron chi connectivity index (χ1n) is 5.43. The van der Waals surface area contributed by atoms with E-state index in [0.717, 1.165) is 6.07 Å². The smallest absolute Gasteiger partial charge is 0.203 e. The maximum atomic E-state index is 13.6. The maximum absolute atomic E-state index is 13.6.